The van der Waals surface area contributed by atoms with Crippen molar-refractivity contribution < 1.29 is 14.3 Å². The second-order valence-electron chi connectivity index (χ2n) is 6.92. The molecule has 1 aliphatic heterocycles. The Morgan fingerprint density at radius 3 is 2.81 bits per heavy atom. The van der Waals surface area contributed by atoms with Crippen LogP contribution in [0.1, 0.15) is 51.1 Å². The van der Waals surface area contributed by atoms with E-state index in [0.717, 1.165) is 18.4 Å². The van der Waals surface area contributed by atoms with Gasteiger partial charge in [-0.3, -0.25) is 9.59 Å². The van der Waals surface area contributed by atoms with Crippen molar-refractivity contribution in [1.82, 2.24) is 10.2 Å². The van der Waals surface area contributed by atoms with Crippen LogP contribution in [0.4, 0.5) is 0 Å². The summed E-state index contributed by atoms with van der Waals surface area (Å²) < 4.78 is 5.53. The average molecular weight is 361 g/mol. The van der Waals surface area contributed by atoms with Crippen LogP contribution in [-0.2, 0) is 9.59 Å². The molecule has 6 heteroatoms. The fourth-order valence-corrected chi connectivity index (χ4v) is 3.52. The van der Waals surface area contributed by atoms with Gasteiger partial charge in [-0.15, -0.1) is 0 Å². The van der Waals surface area contributed by atoms with Gasteiger partial charge in [0, 0.05) is 31.1 Å². The molecule has 1 aromatic rings. The summed E-state index contributed by atoms with van der Waals surface area (Å²) in [4.78, 5) is 27.5. The number of amides is 2. The summed E-state index contributed by atoms with van der Waals surface area (Å²) in [5.41, 5.74) is 6.55. The van der Waals surface area contributed by atoms with Gasteiger partial charge in [0.05, 0.1) is 19.1 Å². The molecule has 144 valence electrons. The van der Waals surface area contributed by atoms with Crippen molar-refractivity contribution in [2.24, 2.45) is 11.7 Å². The lowest BCUT2D eigenvalue weighted by atomic mass is 9.82. The highest BCUT2D eigenvalue weighted by Crippen LogP contribution is 2.40. The Balaban J connectivity index is 2.41. The maximum Gasteiger partial charge on any atom is 0.225 e. The van der Waals surface area contributed by atoms with E-state index in [1.54, 1.807) is 7.11 Å². The number of hydrogen-bond acceptors (Lipinski definition) is 4. The first kappa shape index (κ1) is 20.2. The Kier molecular flexibility index (Phi) is 7.45. The largest absolute Gasteiger partial charge is 0.496 e. The van der Waals surface area contributed by atoms with Crippen molar-refractivity contribution >= 4 is 11.8 Å². The molecule has 2 rings (SSSR count). The fourth-order valence-electron chi connectivity index (χ4n) is 3.52. The topological polar surface area (TPSA) is 84.7 Å². The number of rotatable bonds is 8. The SMILES string of the molecule is CCCCN1C(=O)CCC(C(=O)N[C@@H](C)CN)C1c1ccccc1OC. The molecule has 26 heavy (non-hydrogen) atoms. The summed E-state index contributed by atoms with van der Waals surface area (Å²) >= 11 is 0. The van der Waals surface area contributed by atoms with Gasteiger partial charge in [-0.05, 0) is 25.8 Å². The molecule has 0 saturated carbocycles. The van der Waals surface area contributed by atoms with Gasteiger partial charge in [-0.25, -0.2) is 0 Å². The summed E-state index contributed by atoms with van der Waals surface area (Å²) in [5, 5.41) is 2.99. The minimum absolute atomic E-state index is 0.0483. The highest BCUT2D eigenvalue weighted by molar-refractivity contribution is 5.85. The summed E-state index contributed by atoms with van der Waals surface area (Å²) in [6.07, 6.45) is 2.83. The number of nitrogens with two attached hydrogens (primary N) is 1. The van der Waals surface area contributed by atoms with Crippen molar-refractivity contribution in [2.45, 2.75) is 51.6 Å². The third-order valence-corrected chi connectivity index (χ3v) is 5.00. The molecule has 1 saturated heterocycles. The molecule has 0 spiro atoms. The van der Waals surface area contributed by atoms with Gasteiger partial charge in [0.2, 0.25) is 11.8 Å². The standard InChI is InChI=1S/C20H31N3O3/c1-4-5-12-23-18(24)11-10-16(20(25)22-14(2)13-21)19(23)15-8-6-7-9-17(15)26-3/h6-9,14,16,19H,4-5,10-13,21H2,1-3H3,(H,22,25)/t14-,16?,19?/m0/s1. The second kappa shape index (κ2) is 9.57. The van der Waals surface area contributed by atoms with Gasteiger partial charge < -0.3 is 20.7 Å². The van der Waals surface area contributed by atoms with E-state index >= 15 is 0 Å². The van der Waals surface area contributed by atoms with E-state index in [-0.39, 0.29) is 29.8 Å². The lowest BCUT2D eigenvalue weighted by Crippen LogP contribution is -2.50. The summed E-state index contributed by atoms with van der Waals surface area (Å²) in [5.74, 6) is 0.450. The van der Waals surface area contributed by atoms with Crippen LogP contribution in [0, 0.1) is 5.92 Å². The quantitative estimate of drug-likeness (QED) is 0.744. The van der Waals surface area contributed by atoms with Crippen LogP contribution in [0.2, 0.25) is 0 Å². The van der Waals surface area contributed by atoms with Crippen molar-refractivity contribution in [3.63, 3.8) is 0 Å². The molecule has 2 unspecified atom stereocenters. The predicted octanol–water partition coefficient (Wildman–Crippen LogP) is 2.24. The first-order valence-corrected chi connectivity index (χ1v) is 9.46. The first-order valence-electron chi connectivity index (χ1n) is 9.46. The molecule has 0 aromatic heterocycles. The molecule has 3 atom stereocenters. The van der Waals surface area contributed by atoms with Gasteiger partial charge >= 0.3 is 0 Å². The molecule has 2 amide bonds. The zero-order valence-corrected chi connectivity index (χ0v) is 16.0. The summed E-state index contributed by atoms with van der Waals surface area (Å²) in [7, 11) is 1.62. The normalized spacial score (nSPS) is 21.4. The molecule has 6 nitrogen and oxygen atoms in total. The molecule has 0 radical (unpaired) electrons. The van der Waals surface area contributed by atoms with Crippen molar-refractivity contribution in [3.8, 4) is 5.75 Å². The van der Waals surface area contributed by atoms with Gasteiger partial charge in [0.25, 0.3) is 0 Å². The second-order valence-corrected chi connectivity index (χ2v) is 6.92. The number of likely N-dealkylation sites (tertiary alicyclic amines) is 1. The van der Waals surface area contributed by atoms with E-state index in [0.29, 0.717) is 31.7 Å². The number of benzene rings is 1. The number of ether oxygens (including phenoxy) is 1. The average Bonchev–Trinajstić information content (AvgIpc) is 2.66. The maximum absolute atomic E-state index is 12.9. The van der Waals surface area contributed by atoms with Gasteiger partial charge in [0.15, 0.2) is 0 Å². The van der Waals surface area contributed by atoms with E-state index in [2.05, 4.69) is 12.2 Å². The van der Waals surface area contributed by atoms with Crippen molar-refractivity contribution in [2.75, 3.05) is 20.2 Å². The Bertz CT molecular complexity index is 620. The fraction of sp³-hybridized carbons (Fsp3) is 0.600. The highest BCUT2D eigenvalue weighted by atomic mass is 16.5. The number of carbonyl (C=O) groups excluding carboxylic acids is 2. The maximum atomic E-state index is 12.9. The van der Waals surface area contributed by atoms with E-state index < -0.39 is 0 Å². The summed E-state index contributed by atoms with van der Waals surface area (Å²) in [6, 6.07) is 7.24. The van der Waals surface area contributed by atoms with E-state index in [4.69, 9.17) is 10.5 Å². The smallest absolute Gasteiger partial charge is 0.225 e. The molecular formula is C20H31N3O3. The molecule has 0 aliphatic carbocycles. The van der Waals surface area contributed by atoms with E-state index in [1.807, 2.05) is 36.1 Å². The van der Waals surface area contributed by atoms with E-state index in [9.17, 15) is 9.59 Å². The van der Waals surface area contributed by atoms with Crippen molar-refractivity contribution in [3.05, 3.63) is 29.8 Å². The van der Waals surface area contributed by atoms with Crippen LogP contribution in [0.5, 0.6) is 5.75 Å². The Hall–Kier alpha value is -2.08. The number of nitrogens with zero attached hydrogens (tertiary/aromatic N) is 1. The Morgan fingerprint density at radius 1 is 1.42 bits per heavy atom. The molecule has 1 aliphatic rings. The lowest BCUT2D eigenvalue weighted by molar-refractivity contribution is -0.143. The summed E-state index contributed by atoms with van der Waals surface area (Å²) in [6.45, 7) is 5.02. The monoisotopic (exact) mass is 361 g/mol. The lowest BCUT2D eigenvalue weighted by Gasteiger charge is -2.41. The molecular weight excluding hydrogens is 330 g/mol. The number of unbranched alkanes of at least 4 members (excludes halogenated alkanes) is 1. The number of carbonyl (C=O) groups is 2. The number of methoxy groups -OCH3 is 1. The zero-order chi connectivity index (χ0) is 19.1. The van der Waals surface area contributed by atoms with Crippen molar-refractivity contribution in [1.29, 1.82) is 0 Å². The van der Waals surface area contributed by atoms with Crippen LogP contribution in [0.15, 0.2) is 24.3 Å². The van der Waals surface area contributed by atoms with Crippen LogP contribution in [0.25, 0.3) is 0 Å². The Morgan fingerprint density at radius 2 is 2.15 bits per heavy atom. The third kappa shape index (κ3) is 4.55. The number of nitrogens with one attached hydrogen (secondary N) is 1. The number of para-hydroxylation sites is 1. The number of piperidine rings is 1. The predicted molar refractivity (Wildman–Crippen MR) is 102 cm³/mol. The zero-order valence-electron chi connectivity index (χ0n) is 16.0. The minimum Gasteiger partial charge on any atom is -0.496 e. The van der Waals surface area contributed by atoms with E-state index in [1.165, 1.54) is 0 Å². The molecule has 3 N–H and O–H groups in total. The van der Waals surface area contributed by atoms with Crippen LogP contribution in [0.3, 0.4) is 0 Å². The van der Waals surface area contributed by atoms with Gasteiger partial charge in [-0.1, -0.05) is 31.5 Å². The van der Waals surface area contributed by atoms with Gasteiger partial charge in [-0.2, -0.15) is 0 Å². The molecule has 1 aromatic carbocycles. The molecule has 1 fully saturated rings. The Labute approximate surface area is 156 Å². The molecule has 0 bridgehead atoms. The minimum atomic E-state index is -0.316. The first-order chi connectivity index (χ1) is 12.5. The van der Waals surface area contributed by atoms with Crippen LogP contribution >= 0.6 is 0 Å². The van der Waals surface area contributed by atoms with Crippen LogP contribution < -0.4 is 15.8 Å². The molecule has 1 heterocycles. The van der Waals surface area contributed by atoms with Gasteiger partial charge in [0.1, 0.15) is 5.75 Å². The van der Waals surface area contributed by atoms with Crippen LogP contribution in [-0.4, -0.2) is 43.0 Å². The third-order valence-electron chi connectivity index (χ3n) is 5.00. The number of hydrogen-bond donors (Lipinski definition) is 2. The highest BCUT2D eigenvalue weighted by Gasteiger charge is 2.41.